The average molecular weight is 321 g/mol. The maximum Gasteiger partial charge on any atom is 0.243 e. The Morgan fingerprint density at radius 1 is 1.40 bits per heavy atom. The summed E-state index contributed by atoms with van der Waals surface area (Å²) in [4.78, 5) is 0.333. The molecule has 0 spiro atoms. The van der Waals surface area contributed by atoms with Crippen molar-refractivity contribution in [1.29, 1.82) is 0 Å². The van der Waals surface area contributed by atoms with Gasteiger partial charge in [-0.2, -0.15) is 4.31 Å². The summed E-state index contributed by atoms with van der Waals surface area (Å²) in [6.45, 7) is 5.65. The van der Waals surface area contributed by atoms with Crippen LogP contribution in [-0.4, -0.2) is 45.5 Å². The summed E-state index contributed by atoms with van der Waals surface area (Å²) in [7, 11) is -1.84. The largest absolute Gasteiger partial charge is 0.496 e. The highest BCUT2D eigenvalue weighted by atomic mass is 35.5. The molecular weight excluding hydrogens is 300 g/mol. The molecule has 1 unspecified atom stereocenters. The second-order valence-electron chi connectivity index (χ2n) is 4.80. The Balaban J connectivity index is 0.00000200. The van der Waals surface area contributed by atoms with Crippen LogP contribution < -0.4 is 10.1 Å². The average Bonchev–Trinajstić information content (AvgIpc) is 2.39. The van der Waals surface area contributed by atoms with E-state index in [9.17, 15) is 8.42 Å². The zero-order valence-corrected chi connectivity index (χ0v) is 13.6. The molecule has 0 saturated carbocycles. The highest BCUT2D eigenvalue weighted by Crippen LogP contribution is 2.25. The van der Waals surface area contributed by atoms with Gasteiger partial charge in [-0.25, -0.2) is 8.42 Å². The number of sulfonamides is 1. The lowest BCUT2D eigenvalue weighted by Crippen LogP contribution is -2.52. The van der Waals surface area contributed by atoms with Gasteiger partial charge in [0, 0.05) is 25.7 Å². The zero-order valence-electron chi connectivity index (χ0n) is 11.9. The molecule has 0 amide bonds. The topological polar surface area (TPSA) is 58.6 Å². The van der Waals surface area contributed by atoms with Crippen LogP contribution in [0.1, 0.15) is 12.5 Å². The first-order valence-electron chi connectivity index (χ1n) is 6.34. The molecule has 0 aliphatic carbocycles. The Labute approximate surface area is 126 Å². The van der Waals surface area contributed by atoms with Gasteiger partial charge in [0.15, 0.2) is 0 Å². The van der Waals surface area contributed by atoms with E-state index in [1.807, 2.05) is 13.8 Å². The third-order valence-electron chi connectivity index (χ3n) is 3.41. The van der Waals surface area contributed by atoms with Crippen LogP contribution in [0.2, 0.25) is 0 Å². The number of nitrogens with one attached hydrogen (secondary N) is 1. The van der Waals surface area contributed by atoms with Crippen molar-refractivity contribution in [3.05, 3.63) is 23.8 Å². The number of halogens is 1. The second-order valence-corrected chi connectivity index (χ2v) is 6.69. The normalized spacial score (nSPS) is 20.2. The van der Waals surface area contributed by atoms with Crippen molar-refractivity contribution >= 4 is 22.4 Å². The molecule has 0 bridgehead atoms. The lowest BCUT2D eigenvalue weighted by atomic mass is 10.2. The van der Waals surface area contributed by atoms with E-state index >= 15 is 0 Å². The third-order valence-corrected chi connectivity index (χ3v) is 5.42. The third kappa shape index (κ3) is 3.25. The molecule has 1 heterocycles. The first-order valence-corrected chi connectivity index (χ1v) is 7.78. The maximum atomic E-state index is 12.6. The molecule has 0 radical (unpaired) electrons. The Morgan fingerprint density at radius 3 is 2.65 bits per heavy atom. The van der Waals surface area contributed by atoms with E-state index in [1.54, 1.807) is 29.6 Å². The van der Waals surface area contributed by atoms with Gasteiger partial charge < -0.3 is 10.1 Å². The highest BCUT2D eigenvalue weighted by Gasteiger charge is 2.31. The number of piperazine rings is 1. The van der Waals surface area contributed by atoms with Crippen molar-refractivity contribution in [1.82, 2.24) is 9.62 Å². The molecule has 20 heavy (non-hydrogen) atoms. The second kappa shape index (κ2) is 6.76. The predicted octanol–water partition coefficient (Wildman–Crippen LogP) is 1.41. The molecule has 1 atom stereocenters. The van der Waals surface area contributed by atoms with Gasteiger partial charge in [0.25, 0.3) is 0 Å². The molecule has 1 N–H and O–H groups in total. The van der Waals surface area contributed by atoms with Crippen molar-refractivity contribution in [3.8, 4) is 5.75 Å². The molecular formula is C13H21ClN2O3S. The molecule has 1 fully saturated rings. The van der Waals surface area contributed by atoms with Crippen LogP contribution in [0.4, 0.5) is 0 Å². The quantitative estimate of drug-likeness (QED) is 0.915. The monoisotopic (exact) mass is 320 g/mol. The van der Waals surface area contributed by atoms with Gasteiger partial charge in [0.05, 0.1) is 12.0 Å². The Bertz CT molecular complexity index is 563. The molecule has 2 rings (SSSR count). The maximum absolute atomic E-state index is 12.6. The Kier molecular flexibility index (Phi) is 5.82. The molecule has 1 aromatic rings. The minimum atomic E-state index is -3.42. The minimum Gasteiger partial charge on any atom is -0.496 e. The van der Waals surface area contributed by atoms with Gasteiger partial charge in [0.1, 0.15) is 5.75 Å². The van der Waals surface area contributed by atoms with E-state index in [0.29, 0.717) is 30.3 Å². The van der Waals surface area contributed by atoms with Gasteiger partial charge in [-0.05, 0) is 37.6 Å². The van der Waals surface area contributed by atoms with Gasteiger partial charge in [0.2, 0.25) is 10.0 Å². The Morgan fingerprint density at radius 2 is 2.10 bits per heavy atom. The number of hydrogen-bond acceptors (Lipinski definition) is 4. The molecule has 7 heteroatoms. The van der Waals surface area contributed by atoms with Crippen LogP contribution in [0.3, 0.4) is 0 Å². The molecule has 1 saturated heterocycles. The number of ether oxygens (including phenoxy) is 1. The van der Waals surface area contributed by atoms with E-state index in [0.717, 1.165) is 5.56 Å². The van der Waals surface area contributed by atoms with Crippen LogP contribution in [0.25, 0.3) is 0 Å². The number of nitrogens with zero attached hydrogens (tertiary/aromatic N) is 1. The van der Waals surface area contributed by atoms with Crippen LogP contribution in [-0.2, 0) is 10.0 Å². The van der Waals surface area contributed by atoms with E-state index in [4.69, 9.17) is 4.74 Å². The van der Waals surface area contributed by atoms with Crippen LogP contribution in [0.15, 0.2) is 23.1 Å². The fourth-order valence-electron chi connectivity index (χ4n) is 2.33. The summed E-state index contributed by atoms with van der Waals surface area (Å²) in [5, 5.41) is 3.19. The van der Waals surface area contributed by atoms with Crippen LogP contribution >= 0.6 is 12.4 Å². The SMILES string of the molecule is COc1ccc(S(=O)(=O)N2CCNCC2C)cc1C.Cl. The van der Waals surface area contributed by atoms with Gasteiger partial charge in [-0.3, -0.25) is 0 Å². The first kappa shape index (κ1) is 17.2. The van der Waals surface area contributed by atoms with E-state index in [-0.39, 0.29) is 18.4 Å². The van der Waals surface area contributed by atoms with Gasteiger partial charge >= 0.3 is 0 Å². The summed E-state index contributed by atoms with van der Waals surface area (Å²) < 4.78 is 31.9. The van der Waals surface area contributed by atoms with Gasteiger partial charge in [-0.1, -0.05) is 0 Å². The molecule has 1 aromatic carbocycles. The fraction of sp³-hybridized carbons (Fsp3) is 0.538. The highest BCUT2D eigenvalue weighted by molar-refractivity contribution is 7.89. The smallest absolute Gasteiger partial charge is 0.243 e. The number of hydrogen-bond donors (Lipinski definition) is 1. The van der Waals surface area contributed by atoms with Crippen molar-refractivity contribution in [2.45, 2.75) is 24.8 Å². The van der Waals surface area contributed by atoms with Crippen molar-refractivity contribution in [3.63, 3.8) is 0 Å². The summed E-state index contributed by atoms with van der Waals surface area (Å²) >= 11 is 0. The van der Waals surface area contributed by atoms with Crippen molar-refractivity contribution in [2.24, 2.45) is 0 Å². The summed E-state index contributed by atoms with van der Waals surface area (Å²) in [6, 6.07) is 4.95. The standard InChI is InChI=1S/C13H20N2O3S.ClH/c1-10-8-12(4-5-13(10)18-3)19(16,17)15-7-6-14-9-11(15)2;/h4-5,8,11,14H,6-7,9H2,1-3H3;1H. The molecule has 1 aliphatic rings. The molecule has 1 aliphatic heterocycles. The van der Waals surface area contributed by atoms with E-state index in [1.165, 1.54) is 0 Å². The lowest BCUT2D eigenvalue weighted by Gasteiger charge is -2.32. The fourth-order valence-corrected chi connectivity index (χ4v) is 4.04. The molecule has 114 valence electrons. The minimum absolute atomic E-state index is 0. The lowest BCUT2D eigenvalue weighted by molar-refractivity contribution is 0.284. The van der Waals surface area contributed by atoms with E-state index in [2.05, 4.69) is 5.32 Å². The van der Waals surface area contributed by atoms with Gasteiger partial charge in [-0.15, -0.1) is 12.4 Å². The number of benzene rings is 1. The number of methoxy groups -OCH3 is 1. The van der Waals surface area contributed by atoms with E-state index < -0.39 is 10.0 Å². The first-order chi connectivity index (χ1) is 8.96. The Hall–Kier alpha value is -0.820. The summed E-state index contributed by atoms with van der Waals surface area (Å²) in [5.41, 5.74) is 0.825. The summed E-state index contributed by atoms with van der Waals surface area (Å²) in [6.07, 6.45) is 0. The van der Waals surface area contributed by atoms with Crippen LogP contribution in [0.5, 0.6) is 5.75 Å². The van der Waals surface area contributed by atoms with Crippen molar-refractivity contribution < 1.29 is 13.2 Å². The van der Waals surface area contributed by atoms with Crippen LogP contribution in [0, 0.1) is 6.92 Å². The zero-order chi connectivity index (χ0) is 14.0. The van der Waals surface area contributed by atoms with Crippen molar-refractivity contribution in [2.75, 3.05) is 26.7 Å². The number of aryl methyl sites for hydroxylation is 1. The number of rotatable bonds is 3. The molecule has 5 nitrogen and oxygen atoms in total. The summed E-state index contributed by atoms with van der Waals surface area (Å²) in [5.74, 6) is 0.701. The molecule has 0 aromatic heterocycles. The predicted molar refractivity (Wildman–Crippen MR) is 81.2 cm³/mol.